The summed E-state index contributed by atoms with van der Waals surface area (Å²) < 4.78 is 68.8. The Hall–Kier alpha value is -2.22. The van der Waals surface area contributed by atoms with Crippen molar-refractivity contribution in [2.45, 2.75) is 23.9 Å². The van der Waals surface area contributed by atoms with E-state index in [1.165, 1.54) is 16.4 Å². The maximum atomic E-state index is 12.8. The first kappa shape index (κ1) is 25.4. The van der Waals surface area contributed by atoms with Crippen molar-refractivity contribution in [3.8, 4) is 0 Å². The van der Waals surface area contributed by atoms with Crippen LogP contribution in [0.15, 0.2) is 29.2 Å². The monoisotopic (exact) mass is 492 g/mol. The Balaban J connectivity index is 1.49. The highest BCUT2D eigenvalue weighted by Gasteiger charge is 2.31. The van der Waals surface area contributed by atoms with Crippen LogP contribution in [0.25, 0.3) is 0 Å². The normalized spacial score (nSPS) is 19.2. The lowest BCUT2D eigenvalue weighted by molar-refractivity contribution is -0.141. The maximum absolute atomic E-state index is 12.8. The predicted molar refractivity (Wildman–Crippen MR) is 113 cm³/mol. The molecule has 2 amide bonds. The third-order valence-corrected chi connectivity index (χ3v) is 7.41. The Morgan fingerprint density at radius 3 is 2.39 bits per heavy atom. The van der Waals surface area contributed by atoms with Crippen molar-refractivity contribution in [1.29, 1.82) is 0 Å². The standard InChI is InChI=1S/C20H27F3N4O5S/c21-20(22,23)14-24-19(29)15-4-6-26(7-5-15)13-18(28)25-16-2-1-3-17(12-16)33(30,31)27-8-10-32-11-9-27/h1-3,12,15H,4-11,13-14H2,(H,24,29)(H,25,28). The van der Waals surface area contributed by atoms with Gasteiger partial charge in [-0.15, -0.1) is 0 Å². The molecule has 2 heterocycles. The minimum absolute atomic E-state index is 0.0251. The van der Waals surface area contributed by atoms with Gasteiger partial charge in [-0.05, 0) is 44.1 Å². The van der Waals surface area contributed by atoms with Crippen molar-refractivity contribution in [1.82, 2.24) is 14.5 Å². The Labute approximate surface area is 190 Å². The first-order valence-corrected chi connectivity index (χ1v) is 12.0. The summed E-state index contributed by atoms with van der Waals surface area (Å²) in [5, 5.41) is 4.58. The number of sulfonamides is 1. The highest BCUT2D eigenvalue weighted by atomic mass is 32.2. The fraction of sp³-hybridized carbons (Fsp3) is 0.600. The zero-order valence-electron chi connectivity index (χ0n) is 17.9. The lowest BCUT2D eigenvalue weighted by atomic mass is 9.96. The summed E-state index contributed by atoms with van der Waals surface area (Å²) in [6, 6.07) is 6.01. The fourth-order valence-electron chi connectivity index (χ4n) is 3.76. The van der Waals surface area contributed by atoms with Gasteiger partial charge in [0, 0.05) is 24.7 Å². The number of nitrogens with one attached hydrogen (secondary N) is 2. The molecule has 33 heavy (non-hydrogen) atoms. The topological polar surface area (TPSA) is 108 Å². The molecule has 0 aromatic heterocycles. The van der Waals surface area contributed by atoms with Gasteiger partial charge in [-0.1, -0.05) is 6.07 Å². The number of ether oxygens (including phenoxy) is 1. The number of hydrogen-bond acceptors (Lipinski definition) is 6. The van der Waals surface area contributed by atoms with E-state index in [9.17, 15) is 31.2 Å². The molecule has 2 N–H and O–H groups in total. The van der Waals surface area contributed by atoms with E-state index in [2.05, 4.69) is 5.32 Å². The summed E-state index contributed by atoms with van der Waals surface area (Å²) in [5.74, 6) is -1.50. The van der Waals surface area contributed by atoms with Gasteiger partial charge < -0.3 is 15.4 Å². The molecule has 0 spiro atoms. The number of carbonyl (C=O) groups is 2. The maximum Gasteiger partial charge on any atom is 0.405 e. The molecular weight excluding hydrogens is 465 g/mol. The Morgan fingerprint density at radius 1 is 1.09 bits per heavy atom. The molecule has 0 radical (unpaired) electrons. The molecule has 13 heteroatoms. The van der Waals surface area contributed by atoms with Gasteiger partial charge >= 0.3 is 6.18 Å². The van der Waals surface area contributed by atoms with Gasteiger partial charge in [0.1, 0.15) is 6.54 Å². The highest BCUT2D eigenvalue weighted by Crippen LogP contribution is 2.22. The molecule has 1 aromatic carbocycles. The van der Waals surface area contributed by atoms with Crippen LogP contribution in [0.3, 0.4) is 0 Å². The van der Waals surface area contributed by atoms with Crippen LogP contribution in [0, 0.1) is 5.92 Å². The zero-order chi connectivity index (χ0) is 24.1. The number of carbonyl (C=O) groups excluding carboxylic acids is 2. The smallest absolute Gasteiger partial charge is 0.379 e. The summed E-state index contributed by atoms with van der Waals surface area (Å²) in [6.07, 6.45) is -3.75. The van der Waals surface area contributed by atoms with E-state index in [1.54, 1.807) is 17.0 Å². The molecule has 1 aromatic rings. The largest absolute Gasteiger partial charge is 0.405 e. The Kier molecular flexibility index (Phi) is 8.32. The first-order chi connectivity index (χ1) is 15.5. The summed E-state index contributed by atoms with van der Waals surface area (Å²) >= 11 is 0. The van der Waals surface area contributed by atoms with Crippen molar-refractivity contribution >= 4 is 27.5 Å². The third-order valence-electron chi connectivity index (χ3n) is 5.51. The summed E-state index contributed by atoms with van der Waals surface area (Å²) in [7, 11) is -3.69. The number of benzene rings is 1. The SMILES string of the molecule is O=C(CN1CCC(C(=O)NCC(F)(F)F)CC1)Nc1cccc(S(=O)(=O)N2CCOCC2)c1. The van der Waals surface area contributed by atoms with E-state index < -0.39 is 34.6 Å². The number of hydrogen-bond donors (Lipinski definition) is 2. The van der Waals surface area contributed by atoms with E-state index in [-0.39, 0.29) is 30.4 Å². The second kappa shape index (κ2) is 10.8. The quantitative estimate of drug-likeness (QED) is 0.589. The number of rotatable bonds is 7. The number of morpholine rings is 1. The van der Waals surface area contributed by atoms with Crippen molar-refractivity contribution in [3.05, 3.63) is 24.3 Å². The van der Waals surface area contributed by atoms with Crippen LogP contribution >= 0.6 is 0 Å². The van der Waals surface area contributed by atoms with Crippen LogP contribution in [-0.2, 0) is 24.3 Å². The number of anilines is 1. The van der Waals surface area contributed by atoms with Gasteiger partial charge in [-0.3, -0.25) is 14.5 Å². The lowest BCUT2D eigenvalue weighted by Crippen LogP contribution is -2.44. The second-order valence-electron chi connectivity index (χ2n) is 7.98. The van der Waals surface area contributed by atoms with E-state index in [4.69, 9.17) is 4.74 Å². The van der Waals surface area contributed by atoms with Crippen molar-refractivity contribution in [3.63, 3.8) is 0 Å². The molecule has 2 aliphatic rings. The number of amides is 2. The lowest BCUT2D eigenvalue weighted by Gasteiger charge is -2.30. The molecule has 2 fully saturated rings. The molecule has 2 saturated heterocycles. The molecule has 0 saturated carbocycles. The highest BCUT2D eigenvalue weighted by molar-refractivity contribution is 7.89. The van der Waals surface area contributed by atoms with E-state index in [1.807, 2.05) is 5.32 Å². The second-order valence-corrected chi connectivity index (χ2v) is 9.91. The third kappa shape index (κ3) is 7.39. The van der Waals surface area contributed by atoms with Crippen molar-refractivity contribution in [2.24, 2.45) is 5.92 Å². The van der Waals surface area contributed by atoms with E-state index in [0.717, 1.165) is 0 Å². The van der Waals surface area contributed by atoms with Gasteiger partial charge in [0.25, 0.3) is 0 Å². The molecule has 9 nitrogen and oxygen atoms in total. The average Bonchev–Trinajstić information content (AvgIpc) is 2.78. The fourth-order valence-corrected chi connectivity index (χ4v) is 5.21. The number of halogens is 3. The van der Waals surface area contributed by atoms with Crippen LogP contribution < -0.4 is 10.6 Å². The van der Waals surface area contributed by atoms with E-state index >= 15 is 0 Å². The van der Waals surface area contributed by atoms with Gasteiger partial charge in [0.15, 0.2) is 0 Å². The molecule has 3 rings (SSSR count). The van der Waals surface area contributed by atoms with Gasteiger partial charge in [-0.2, -0.15) is 17.5 Å². The van der Waals surface area contributed by atoms with Crippen LogP contribution in [-0.4, -0.2) is 88.1 Å². The van der Waals surface area contributed by atoms with Crippen LogP contribution in [0.4, 0.5) is 18.9 Å². The van der Waals surface area contributed by atoms with Crippen LogP contribution in [0.5, 0.6) is 0 Å². The van der Waals surface area contributed by atoms with Gasteiger partial charge in [0.05, 0.1) is 24.7 Å². The molecule has 0 unspecified atom stereocenters. The van der Waals surface area contributed by atoms with Crippen molar-refractivity contribution < 1.29 is 35.9 Å². The first-order valence-electron chi connectivity index (χ1n) is 10.6. The minimum Gasteiger partial charge on any atom is -0.379 e. The van der Waals surface area contributed by atoms with Crippen molar-refractivity contribution in [2.75, 3.05) is 57.8 Å². The summed E-state index contributed by atoms with van der Waals surface area (Å²) in [5.41, 5.74) is 0.343. The zero-order valence-corrected chi connectivity index (χ0v) is 18.8. The van der Waals surface area contributed by atoms with Crippen LogP contribution in [0.1, 0.15) is 12.8 Å². The minimum atomic E-state index is -4.45. The number of nitrogens with zero attached hydrogens (tertiary/aromatic N) is 2. The molecule has 0 atom stereocenters. The number of likely N-dealkylation sites (tertiary alicyclic amines) is 1. The molecule has 184 valence electrons. The van der Waals surface area contributed by atoms with Gasteiger partial charge in [-0.25, -0.2) is 8.42 Å². The molecular formula is C20H27F3N4O5S. The number of piperidine rings is 1. The molecule has 0 bridgehead atoms. The average molecular weight is 493 g/mol. The van der Waals surface area contributed by atoms with Gasteiger partial charge in [0.2, 0.25) is 21.8 Å². The summed E-state index contributed by atoms with van der Waals surface area (Å²) in [4.78, 5) is 26.2. The van der Waals surface area contributed by atoms with E-state index in [0.29, 0.717) is 44.8 Å². The Bertz CT molecular complexity index is 943. The molecule has 2 aliphatic heterocycles. The molecule has 0 aliphatic carbocycles. The number of alkyl halides is 3. The predicted octanol–water partition coefficient (Wildman–Crippen LogP) is 1.04. The Morgan fingerprint density at radius 2 is 1.76 bits per heavy atom. The summed E-state index contributed by atoms with van der Waals surface area (Å²) in [6.45, 7) is 0.650. The van der Waals surface area contributed by atoms with Crippen LogP contribution in [0.2, 0.25) is 0 Å².